The third-order valence-electron chi connectivity index (χ3n) is 5.16. The van der Waals surface area contributed by atoms with Crippen molar-refractivity contribution in [2.45, 2.75) is 19.8 Å². The van der Waals surface area contributed by atoms with E-state index in [1.54, 1.807) is 13.1 Å². The van der Waals surface area contributed by atoms with E-state index < -0.39 is 0 Å². The van der Waals surface area contributed by atoms with Gasteiger partial charge in [-0.15, -0.1) is 11.3 Å². The second-order valence-electron chi connectivity index (χ2n) is 6.79. The van der Waals surface area contributed by atoms with E-state index in [-0.39, 0.29) is 5.78 Å². The van der Waals surface area contributed by atoms with Crippen LogP contribution in [0.2, 0.25) is 0 Å². The van der Waals surface area contributed by atoms with Gasteiger partial charge in [-0.05, 0) is 30.0 Å². The molecular formula is C22H17N3OS. The normalized spacial score (nSPS) is 12.6. The summed E-state index contributed by atoms with van der Waals surface area (Å²) in [5.41, 5.74) is 13.7. The molecule has 0 atom stereocenters. The lowest BCUT2D eigenvalue weighted by atomic mass is 9.84. The zero-order chi connectivity index (χ0) is 18.5. The van der Waals surface area contributed by atoms with Crippen molar-refractivity contribution < 1.29 is 4.79 Å². The van der Waals surface area contributed by atoms with Crippen molar-refractivity contribution in [1.82, 2.24) is 9.97 Å². The van der Waals surface area contributed by atoms with Crippen LogP contribution in [-0.2, 0) is 12.8 Å². The maximum atomic E-state index is 12.1. The lowest BCUT2D eigenvalue weighted by Gasteiger charge is -2.22. The Hall–Kier alpha value is -3.05. The molecule has 3 aromatic heterocycles. The highest BCUT2D eigenvalue weighted by molar-refractivity contribution is 7.21. The Labute approximate surface area is 160 Å². The monoisotopic (exact) mass is 371 g/mol. The first kappa shape index (κ1) is 16.1. The number of thiophene rings is 1. The molecule has 0 saturated carbocycles. The smallest absolute Gasteiger partial charge is 0.171 e. The molecule has 1 aromatic carbocycles. The molecule has 2 N–H and O–H groups in total. The number of Topliss-reactive ketones (excluding diaryl/α,β-unsaturated/α-hetero) is 1. The summed E-state index contributed by atoms with van der Waals surface area (Å²) in [6, 6.07) is 12.4. The van der Waals surface area contributed by atoms with Gasteiger partial charge < -0.3 is 5.73 Å². The standard InChI is InChI=1S/C22H17N3OS/c1-12(26)21-19(23)18-17(14-6-4-10-24-11-14)16-9-8-13-5-2-3-7-15(13)20(16)25-22(18)27-21/h2-7,10-11H,8-9,23H2,1H3. The summed E-state index contributed by atoms with van der Waals surface area (Å²) in [4.78, 5) is 22.8. The number of rotatable bonds is 2. The average molecular weight is 371 g/mol. The molecule has 0 saturated heterocycles. The van der Waals surface area contributed by atoms with Crippen molar-refractivity contribution >= 4 is 33.0 Å². The Morgan fingerprint density at radius 2 is 2.00 bits per heavy atom. The largest absolute Gasteiger partial charge is 0.397 e. The number of nitrogens with two attached hydrogens (primary N) is 1. The minimum atomic E-state index is -0.0222. The Morgan fingerprint density at radius 1 is 1.15 bits per heavy atom. The summed E-state index contributed by atoms with van der Waals surface area (Å²) in [5.74, 6) is -0.0222. The molecule has 1 aliphatic rings. The van der Waals surface area contributed by atoms with Crippen molar-refractivity contribution in [3.63, 3.8) is 0 Å². The number of carbonyl (C=O) groups is 1. The topological polar surface area (TPSA) is 68.9 Å². The number of pyridine rings is 2. The fraction of sp³-hybridized carbons (Fsp3) is 0.136. The number of benzene rings is 1. The number of hydrogen-bond acceptors (Lipinski definition) is 5. The lowest BCUT2D eigenvalue weighted by molar-refractivity contribution is 0.102. The number of fused-ring (bicyclic) bond motifs is 4. The first-order valence-electron chi connectivity index (χ1n) is 8.89. The number of aromatic nitrogens is 2. The summed E-state index contributed by atoms with van der Waals surface area (Å²) in [6.07, 6.45) is 5.49. The molecule has 0 fully saturated rings. The van der Waals surface area contributed by atoms with Crippen LogP contribution in [0.4, 0.5) is 5.69 Å². The Kier molecular flexibility index (Phi) is 3.58. The molecule has 0 bridgehead atoms. The van der Waals surface area contributed by atoms with Gasteiger partial charge in [0.15, 0.2) is 5.78 Å². The van der Waals surface area contributed by atoms with Gasteiger partial charge in [-0.2, -0.15) is 0 Å². The summed E-state index contributed by atoms with van der Waals surface area (Å²) < 4.78 is 0. The molecule has 5 heteroatoms. The Morgan fingerprint density at radius 3 is 2.78 bits per heavy atom. The van der Waals surface area contributed by atoms with Gasteiger partial charge in [0, 0.05) is 41.4 Å². The first-order valence-corrected chi connectivity index (χ1v) is 9.71. The zero-order valence-corrected chi connectivity index (χ0v) is 15.6. The van der Waals surface area contributed by atoms with Crippen molar-refractivity contribution in [3.8, 4) is 22.4 Å². The number of hydrogen-bond donors (Lipinski definition) is 1. The highest BCUT2D eigenvalue weighted by atomic mass is 32.1. The van der Waals surface area contributed by atoms with Gasteiger partial charge in [0.1, 0.15) is 4.83 Å². The third-order valence-corrected chi connectivity index (χ3v) is 6.36. The van der Waals surface area contributed by atoms with Gasteiger partial charge in [0.2, 0.25) is 0 Å². The molecule has 0 amide bonds. The van der Waals surface area contributed by atoms with E-state index in [0.29, 0.717) is 10.6 Å². The maximum Gasteiger partial charge on any atom is 0.171 e. The van der Waals surface area contributed by atoms with Gasteiger partial charge in [0.25, 0.3) is 0 Å². The van der Waals surface area contributed by atoms with Crippen LogP contribution in [0.25, 0.3) is 32.6 Å². The summed E-state index contributed by atoms with van der Waals surface area (Å²) in [5, 5.41) is 0.885. The number of nitrogen functional groups attached to an aromatic ring is 1. The molecule has 4 nitrogen and oxygen atoms in total. The minimum Gasteiger partial charge on any atom is -0.397 e. The minimum absolute atomic E-state index is 0.0222. The predicted molar refractivity (Wildman–Crippen MR) is 110 cm³/mol. The molecule has 4 aromatic rings. The SMILES string of the molecule is CC(=O)c1sc2nc3c(c(-c4cccnc4)c2c1N)CCc1ccccc1-3. The molecule has 0 radical (unpaired) electrons. The van der Waals surface area contributed by atoms with E-state index in [1.165, 1.54) is 28.0 Å². The van der Waals surface area contributed by atoms with Gasteiger partial charge in [-0.25, -0.2) is 4.98 Å². The summed E-state index contributed by atoms with van der Waals surface area (Å²) in [7, 11) is 0. The number of aryl methyl sites for hydroxylation is 1. The van der Waals surface area contributed by atoms with Crippen LogP contribution < -0.4 is 5.73 Å². The molecule has 0 aliphatic heterocycles. The van der Waals surface area contributed by atoms with Gasteiger partial charge in [0.05, 0.1) is 16.3 Å². The van der Waals surface area contributed by atoms with E-state index in [0.717, 1.165) is 39.9 Å². The van der Waals surface area contributed by atoms with Crippen LogP contribution in [0.5, 0.6) is 0 Å². The van der Waals surface area contributed by atoms with Gasteiger partial charge >= 0.3 is 0 Å². The van der Waals surface area contributed by atoms with Crippen molar-refractivity contribution in [3.05, 3.63) is 64.8 Å². The molecule has 132 valence electrons. The van der Waals surface area contributed by atoms with Crippen LogP contribution in [0.15, 0.2) is 48.8 Å². The molecular weight excluding hydrogens is 354 g/mol. The summed E-state index contributed by atoms with van der Waals surface area (Å²) >= 11 is 1.38. The third kappa shape index (κ3) is 2.39. The van der Waals surface area contributed by atoms with Crippen molar-refractivity contribution in [2.24, 2.45) is 0 Å². The van der Waals surface area contributed by atoms with Crippen LogP contribution in [-0.4, -0.2) is 15.8 Å². The van der Waals surface area contributed by atoms with Crippen molar-refractivity contribution in [1.29, 1.82) is 0 Å². The van der Waals surface area contributed by atoms with Gasteiger partial charge in [-0.3, -0.25) is 9.78 Å². The molecule has 0 spiro atoms. The Bertz CT molecular complexity index is 1210. The van der Waals surface area contributed by atoms with E-state index >= 15 is 0 Å². The average Bonchev–Trinajstić information content (AvgIpc) is 3.03. The number of ketones is 1. The van der Waals surface area contributed by atoms with E-state index in [9.17, 15) is 4.79 Å². The number of nitrogens with zero attached hydrogens (tertiary/aromatic N) is 2. The molecule has 0 unspecified atom stereocenters. The van der Waals surface area contributed by atoms with E-state index in [1.807, 2.05) is 24.4 Å². The van der Waals surface area contributed by atoms with Crippen LogP contribution >= 0.6 is 11.3 Å². The predicted octanol–water partition coefficient (Wildman–Crippen LogP) is 4.91. The number of anilines is 1. The molecule has 1 aliphatic carbocycles. The second kappa shape index (κ2) is 5.99. The van der Waals surface area contributed by atoms with Crippen LogP contribution in [0.1, 0.15) is 27.7 Å². The number of carbonyl (C=O) groups excluding carboxylic acids is 1. The first-order chi connectivity index (χ1) is 13.1. The lowest BCUT2D eigenvalue weighted by Crippen LogP contribution is -2.08. The van der Waals surface area contributed by atoms with Crippen LogP contribution in [0, 0.1) is 0 Å². The van der Waals surface area contributed by atoms with E-state index in [2.05, 4.69) is 23.2 Å². The quantitative estimate of drug-likeness (QED) is 0.508. The zero-order valence-electron chi connectivity index (χ0n) is 14.8. The highest BCUT2D eigenvalue weighted by Gasteiger charge is 2.26. The van der Waals surface area contributed by atoms with Crippen LogP contribution in [0.3, 0.4) is 0 Å². The fourth-order valence-electron chi connectivity index (χ4n) is 3.98. The second-order valence-corrected chi connectivity index (χ2v) is 7.79. The highest BCUT2D eigenvalue weighted by Crippen LogP contribution is 2.46. The maximum absolute atomic E-state index is 12.1. The fourth-order valence-corrected chi connectivity index (χ4v) is 4.98. The Balaban J connectivity index is 1.94. The molecule has 3 heterocycles. The van der Waals surface area contributed by atoms with E-state index in [4.69, 9.17) is 10.7 Å². The van der Waals surface area contributed by atoms with Crippen molar-refractivity contribution in [2.75, 3.05) is 5.73 Å². The molecule has 27 heavy (non-hydrogen) atoms. The molecule has 5 rings (SSSR count). The van der Waals surface area contributed by atoms with Gasteiger partial charge in [-0.1, -0.05) is 30.3 Å². The summed E-state index contributed by atoms with van der Waals surface area (Å²) in [6.45, 7) is 1.56.